The van der Waals surface area contributed by atoms with Gasteiger partial charge in [-0.2, -0.15) is 0 Å². The van der Waals surface area contributed by atoms with E-state index in [1.807, 2.05) is 0 Å². The summed E-state index contributed by atoms with van der Waals surface area (Å²) in [6.45, 7) is 0. The predicted octanol–water partition coefficient (Wildman–Crippen LogP) is 3.41. The number of fused-ring (bicyclic) bond motifs is 2. The molecule has 4 rings (SSSR count). The van der Waals surface area contributed by atoms with E-state index in [0.717, 1.165) is 19.3 Å². The first-order valence-electron chi connectivity index (χ1n) is 9.84. The zero-order valence-corrected chi connectivity index (χ0v) is 16.4. The second-order valence-electron chi connectivity index (χ2n) is 7.59. The van der Waals surface area contributed by atoms with E-state index in [0.29, 0.717) is 5.92 Å². The van der Waals surface area contributed by atoms with Crippen molar-refractivity contribution in [1.29, 1.82) is 0 Å². The lowest BCUT2D eigenvalue weighted by molar-refractivity contribution is -0.149. The maximum atomic E-state index is 5.93. The largest absolute Gasteiger partial charge is 0.379 e. The Bertz CT molecular complexity index is 717. The number of nitrogens with one attached hydrogen (secondary N) is 2. The van der Waals surface area contributed by atoms with Crippen LogP contribution in [0.15, 0.2) is 48.2 Å². The number of allylic oxidation sites excluding steroid dienone is 3. The van der Waals surface area contributed by atoms with Crippen LogP contribution in [0.4, 0.5) is 5.69 Å². The Hall–Kier alpha value is -1.82. The van der Waals surface area contributed by atoms with Crippen LogP contribution in [0.2, 0.25) is 0 Å². The summed E-state index contributed by atoms with van der Waals surface area (Å²) in [6, 6.07) is 8.93. The molecule has 0 saturated heterocycles. The lowest BCUT2D eigenvalue weighted by Gasteiger charge is -2.51. The van der Waals surface area contributed by atoms with Gasteiger partial charge in [0.2, 0.25) is 0 Å². The minimum absolute atomic E-state index is 0.00781. The van der Waals surface area contributed by atoms with E-state index in [4.69, 9.17) is 14.2 Å². The first-order chi connectivity index (χ1) is 13.3. The van der Waals surface area contributed by atoms with E-state index in [1.165, 1.54) is 16.9 Å². The molecule has 6 atom stereocenters. The number of rotatable bonds is 5. The highest BCUT2D eigenvalue weighted by atomic mass is 16.6. The van der Waals surface area contributed by atoms with Crippen LogP contribution >= 0.6 is 0 Å². The van der Waals surface area contributed by atoms with Crippen LogP contribution in [0.5, 0.6) is 0 Å². The normalized spacial score (nSPS) is 34.9. The molecule has 3 aliphatic rings. The van der Waals surface area contributed by atoms with Gasteiger partial charge in [0.1, 0.15) is 12.2 Å². The minimum Gasteiger partial charge on any atom is -0.379 e. The van der Waals surface area contributed by atoms with E-state index < -0.39 is 0 Å². The lowest BCUT2D eigenvalue weighted by atomic mass is 9.70. The molecule has 0 amide bonds. The van der Waals surface area contributed by atoms with Gasteiger partial charge in [0.15, 0.2) is 0 Å². The van der Waals surface area contributed by atoms with Crippen LogP contribution in [0.1, 0.15) is 30.9 Å². The molecule has 0 aromatic heterocycles. The molecule has 2 aliphatic carbocycles. The van der Waals surface area contributed by atoms with Crippen molar-refractivity contribution in [3.63, 3.8) is 0 Å². The third-order valence-electron chi connectivity index (χ3n) is 6.22. The van der Waals surface area contributed by atoms with Crippen molar-refractivity contribution < 1.29 is 14.2 Å². The van der Waals surface area contributed by atoms with Crippen molar-refractivity contribution >= 4 is 5.69 Å². The molecule has 5 heteroatoms. The monoisotopic (exact) mass is 370 g/mol. The lowest BCUT2D eigenvalue weighted by Crippen LogP contribution is -2.61. The molecule has 146 valence electrons. The van der Waals surface area contributed by atoms with Crippen LogP contribution in [0, 0.1) is 5.92 Å². The number of anilines is 1. The number of hydrogen-bond acceptors (Lipinski definition) is 5. The van der Waals surface area contributed by atoms with Crippen LogP contribution < -0.4 is 10.6 Å². The molecule has 0 radical (unpaired) electrons. The quantitative estimate of drug-likeness (QED) is 0.832. The highest BCUT2D eigenvalue weighted by molar-refractivity contribution is 5.57. The van der Waals surface area contributed by atoms with Crippen molar-refractivity contribution in [3.8, 4) is 0 Å². The van der Waals surface area contributed by atoms with Gasteiger partial charge < -0.3 is 24.8 Å². The Kier molecular flexibility index (Phi) is 5.53. The smallest absolute Gasteiger partial charge is 0.111 e. The van der Waals surface area contributed by atoms with Crippen LogP contribution in [0.3, 0.4) is 0 Å². The summed E-state index contributed by atoms with van der Waals surface area (Å²) in [4.78, 5) is 0. The molecule has 5 nitrogen and oxygen atoms in total. The molecule has 6 unspecified atom stereocenters. The van der Waals surface area contributed by atoms with Crippen LogP contribution in [0.25, 0.3) is 0 Å². The standard InChI is InChI=1S/C22H30N2O3/c1-25-18-13-16-19(23-14-9-5-4-6-10-14)15-11-7-8-12-17(15)24-20(16)22(27-3)21(18)26-2/h5,7-12,16,18-24H,4,6,13H2,1-3H3. The number of para-hydroxylation sites is 1. The summed E-state index contributed by atoms with van der Waals surface area (Å²) in [7, 11) is 5.28. The van der Waals surface area contributed by atoms with Gasteiger partial charge in [-0.25, -0.2) is 0 Å². The number of ether oxygens (including phenoxy) is 3. The van der Waals surface area contributed by atoms with E-state index in [1.54, 1.807) is 21.3 Å². The molecule has 1 aliphatic heterocycles. The Labute approximate surface area is 161 Å². The topological polar surface area (TPSA) is 51.8 Å². The molecule has 2 N–H and O–H groups in total. The summed E-state index contributed by atoms with van der Waals surface area (Å²) in [5.41, 5.74) is 3.68. The molecule has 1 saturated carbocycles. The van der Waals surface area contributed by atoms with Crippen LogP contribution in [-0.2, 0) is 14.2 Å². The average Bonchev–Trinajstić information content (AvgIpc) is 2.73. The minimum atomic E-state index is -0.0894. The van der Waals surface area contributed by atoms with Gasteiger partial charge in [-0.05, 0) is 37.0 Å². The molecule has 1 aromatic carbocycles. The summed E-state index contributed by atoms with van der Waals surface area (Å²) >= 11 is 0. The third-order valence-corrected chi connectivity index (χ3v) is 6.22. The Morgan fingerprint density at radius 1 is 1.00 bits per heavy atom. The van der Waals surface area contributed by atoms with Crippen molar-refractivity contribution in [2.75, 3.05) is 26.6 Å². The molecular formula is C22H30N2O3. The molecular weight excluding hydrogens is 340 g/mol. The summed E-state index contributed by atoms with van der Waals surface area (Å²) in [5.74, 6) is 0.331. The van der Waals surface area contributed by atoms with Gasteiger partial charge in [-0.1, -0.05) is 30.4 Å². The first kappa shape index (κ1) is 18.5. The maximum absolute atomic E-state index is 5.93. The highest BCUT2D eigenvalue weighted by Crippen LogP contribution is 2.45. The number of benzene rings is 1. The molecule has 1 aromatic rings. The fourth-order valence-corrected chi connectivity index (χ4v) is 4.93. The zero-order chi connectivity index (χ0) is 18.8. The second-order valence-corrected chi connectivity index (χ2v) is 7.59. The average molecular weight is 370 g/mol. The summed E-state index contributed by atoms with van der Waals surface area (Å²) in [6.07, 6.45) is 9.70. The molecule has 0 bridgehead atoms. The Morgan fingerprint density at radius 3 is 2.52 bits per heavy atom. The van der Waals surface area contributed by atoms with Crippen molar-refractivity contribution in [2.24, 2.45) is 5.92 Å². The van der Waals surface area contributed by atoms with Crippen molar-refractivity contribution in [1.82, 2.24) is 5.32 Å². The van der Waals surface area contributed by atoms with E-state index in [9.17, 15) is 0 Å². The van der Waals surface area contributed by atoms with Crippen LogP contribution in [-0.4, -0.2) is 45.7 Å². The zero-order valence-electron chi connectivity index (χ0n) is 16.4. The fourth-order valence-electron chi connectivity index (χ4n) is 4.93. The second kappa shape index (κ2) is 8.05. The van der Waals surface area contributed by atoms with E-state index in [-0.39, 0.29) is 30.4 Å². The van der Waals surface area contributed by atoms with Gasteiger partial charge in [-0.15, -0.1) is 0 Å². The van der Waals surface area contributed by atoms with Gasteiger partial charge in [0.05, 0.1) is 18.2 Å². The highest BCUT2D eigenvalue weighted by Gasteiger charge is 2.51. The SMILES string of the molecule is COC1CC2C(NC3=CCCC=C3)c3ccccc3NC2C(OC)C1OC. The van der Waals surface area contributed by atoms with E-state index >= 15 is 0 Å². The van der Waals surface area contributed by atoms with Gasteiger partial charge in [0, 0.05) is 38.6 Å². The van der Waals surface area contributed by atoms with Crippen molar-refractivity contribution in [3.05, 3.63) is 53.8 Å². The molecule has 1 fully saturated rings. The van der Waals surface area contributed by atoms with E-state index in [2.05, 4.69) is 53.1 Å². The number of hydrogen-bond donors (Lipinski definition) is 2. The van der Waals surface area contributed by atoms with Crippen molar-refractivity contribution in [2.45, 2.75) is 49.7 Å². The molecule has 1 heterocycles. The Balaban J connectivity index is 1.72. The summed E-state index contributed by atoms with van der Waals surface area (Å²) in [5, 5.41) is 7.56. The fraction of sp³-hybridized carbons (Fsp3) is 0.545. The summed E-state index contributed by atoms with van der Waals surface area (Å²) < 4.78 is 17.5. The van der Waals surface area contributed by atoms with Gasteiger partial charge in [-0.3, -0.25) is 0 Å². The first-order valence-corrected chi connectivity index (χ1v) is 9.84. The maximum Gasteiger partial charge on any atom is 0.111 e. The van der Waals surface area contributed by atoms with Gasteiger partial charge >= 0.3 is 0 Å². The third kappa shape index (κ3) is 3.40. The van der Waals surface area contributed by atoms with Gasteiger partial charge in [0.25, 0.3) is 0 Å². The predicted molar refractivity (Wildman–Crippen MR) is 107 cm³/mol. The molecule has 0 spiro atoms. The molecule has 27 heavy (non-hydrogen) atoms. The number of methoxy groups -OCH3 is 3. The Morgan fingerprint density at radius 2 is 1.81 bits per heavy atom.